The maximum absolute atomic E-state index is 11.0. The van der Waals surface area contributed by atoms with Crippen LogP contribution in [0, 0.1) is 6.92 Å². The summed E-state index contributed by atoms with van der Waals surface area (Å²) in [6, 6.07) is 1.63. The summed E-state index contributed by atoms with van der Waals surface area (Å²) in [5, 5.41) is 0. The highest BCUT2D eigenvalue weighted by Gasteiger charge is 2.10. The van der Waals surface area contributed by atoms with Crippen molar-refractivity contribution in [3.05, 3.63) is 33.7 Å². The van der Waals surface area contributed by atoms with Gasteiger partial charge in [0.25, 0.3) is 0 Å². The van der Waals surface area contributed by atoms with Gasteiger partial charge in [0.05, 0.1) is 0 Å². The summed E-state index contributed by atoms with van der Waals surface area (Å²) in [5.74, 6) is 0. The largest absolute Gasteiger partial charge is 0.328 e. The van der Waals surface area contributed by atoms with Gasteiger partial charge in [-0.15, -0.1) is 0 Å². The Kier molecular flexibility index (Phi) is 2.48. The molecular weight excluding hydrogens is 176 g/mol. The maximum atomic E-state index is 11.0. The predicted molar refractivity (Wildman–Crippen MR) is 57.1 cm³/mol. The normalized spacial score (nSPS) is 16.5. The van der Waals surface area contributed by atoms with E-state index in [1.165, 1.54) is 12.8 Å². The fraction of sp³-hybridized carbons (Fsp3) is 0.455. The first-order valence-corrected chi connectivity index (χ1v) is 5.00. The molecule has 1 aliphatic rings. The molecule has 3 nitrogen and oxygen atoms in total. The van der Waals surface area contributed by atoms with Crippen molar-refractivity contribution in [1.29, 1.82) is 0 Å². The number of aliphatic imine (C=N–C) groups is 1. The van der Waals surface area contributed by atoms with Crippen LogP contribution in [0.1, 0.15) is 30.4 Å². The number of aromatic nitrogens is 1. The minimum atomic E-state index is -0.0392. The van der Waals surface area contributed by atoms with E-state index in [0.717, 1.165) is 29.8 Å². The molecule has 0 atom stereocenters. The van der Waals surface area contributed by atoms with Crippen LogP contribution >= 0.6 is 0 Å². The molecule has 0 amide bonds. The maximum Gasteiger partial charge on any atom is 0.248 e. The van der Waals surface area contributed by atoms with Crippen molar-refractivity contribution < 1.29 is 0 Å². The van der Waals surface area contributed by atoms with Gasteiger partial charge in [0.2, 0.25) is 5.56 Å². The Balaban J connectivity index is 2.40. The van der Waals surface area contributed by atoms with Crippen LogP contribution in [0.2, 0.25) is 0 Å². The van der Waals surface area contributed by atoms with Crippen LogP contribution in [0.5, 0.6) is 0 Å². The quantitative estimate of drug-likeness (QED) is 0.719. The van der Waals surface area contributed by atoms with Crippen LogP contribution in [0.25, 0.3) is 0 Å². The van der Waals surface area contributed by atoms with E-state index in [4.69, 9.17) is 0 Å². The molecule has 14 heavy (non-hydrogen) atoms. The van der Waals surface area contributed by atoms with E-state index < -0.39 is 0 Å². The molecule has 0 saturated heterocycles. The highest BCUT2D eigenvalue weighted by molar-refractivity contribution is 6.01. The number of nitrogens with one attached hydrogen (secondary N) is 1. The van der Waals surface area contributed by atoms with Crippen LogP contribution in [-0.2, 0) is 0 Å². The third-order valence-electron chi connectivity index (χ3n) is 2.57. The van der Waals surface area contributed by atoms with Crippen molar-refractivity contribution in [1.82, 2.24) is 4.98 Å². The van der Waals surface area contributed by atoms with Crippen molar-refractivity contribution >= 4 is 5.71 Å². The first-order chi connectivity index (χ1) is 6.77. The standard InChI is InChI=1S/C11H14N2O/c1-8-6-11(14)13-7-9(8)10-4-2-3-5-12-10/h6-7H,2-5H2,1H3,(H,13,14). The lowest BCUT2D eigenvalue weighted by Crippen LogP contribution is -2.13. The number of rotatable bonds is 1. The third kappa shape index (κ3) is 1.76. The van der Waals surface area contributed by atoms with Crippen molar-refractivity contribution in [3.63, 3.8) is 0 Å². The van der Waals surface area contributed by atoms with Crippen LogP contribution < -0.4 is 5.56 Å². The summed E-state index contributed by atoms with van der Waals surface area (Å²) in [6.07, 6.45) is 5.21. The van der Waals surface area contributed by atoms with E-state index in [-0.39, 0.29) is 5.56 Å². The molecule has 0 radical (unpaired) electrons. The van der Waals surface area contributed by atoms with E-state index in [2.05, 4.69) is 9.98 Å². The molecule has 2 heterocycles. The molecule has 1 aliphatic heterocycles. The van der Waals surface area contributed by atoms with Crippen molar-refractivity contribution in [2.45, 2.75) is 26.2 Å². The molecular formula is C11H14N2O. The number of nitrogens with zero attached hydrogens (tertiary/aromatic N) is 1. The Morgan fingerprint density at radius 3 is 2.93 bits per heavy atom. The van der Waals surface area contributed by atoms with Gasteiger partial charge in [0.15, 0.2) is 0 Å². The van der Waals surface area contributed by atoms with Gasteiger partial charge in [-0.3, -0.25) is 9.79 Å². The summed E-state index contributed by atoms with van der Waals surface area (Å²) in [5.41, 5.74) is 3.23. The van der Waals surface area contributed by atoms with E-state index in [9.17, 15) is 4.79 Å². The molecule has 0 fully saturated rings. The van der Waals surface area contributed by atoms with Crippen LogP contribution in [0.4, 0.5) is 0 Å². The Morgan fingerprint density at radius 1 is 1.43 bits per heavy atom. The predicted octanol–water partition coefficient (Wildman–Crippen LogP) is 1.66. The molecule has 0 spiro atoms. The Morgan fingerprint density at radius 2 is 2.29 bits per heavy atom. The van der Waals surface area contributed by atoms with Gasteiger partial charge in [-0.2, -0.15) is 0 Å². The fourth-order valence-corrected chi connectivity index (χ4v) is 1.80. The lowest BCUT2D eigenvalue weighted by atomic mass is 10.00. The highest BCUT2D eigenvalue weighted by Crippen LogP contribution is 2.14. The number of hydrogen-bond acceptors (Lipinski definition) is 2. The monoisotopic (exact) mass is 190 g/mol. The van der Waals surface area contributed by atoms with Crippen molar-refractivity contribution in [2.75, 3.05) is 6.54 Å². The minimum absolute atomic E-state index is 0.0392. The van der Waals surface area contributed by atoms with Gasteiger partial charge >= 0.3 is 0 Å². The molecule has 74 valence electrons. The van der Waals surface area contributed by atoms with Crippen molar-refractivity contribution in [2.24, 2.45) is 4.99 Å². The second kappa shape index (κ2) is 3.78. The Hall–Kier alpha value is -1.38. The SMILES string of the molecule is Cc1cc(=O)[nH]cc1C1=NCCCC1. The fourth-order valence-electron chi connectivity index (χ4n) is 1.80. The zero-order valence-electron chi connectivity index (χ0n) is 8.34. The molecule has 3 heteroatoms. The second-order valence-corrected chi connectivity index (χ2v) is 3.68. The average molecular weight is 190 g/mol. The Labute approximate surface area is 82.9 Å². The number of hydrogen-bond donors (Lipinski definition) is 1. The lowest BCUT2D eigenvalue weighted by Gasteiger charge is -2.13. The zero-order chi connectivity index (χ0) is 9.97. The van der Waals surface area contributed by atoms with Crippen LogP contribution in [-0.4, -0.2) is 17.2 Å². The number of aryl methyl sites for hydroxylation is 1. The van der Waals surface area contributed by atoms with Gasteiger partial charge in [-0.25, -0.2) is 0 Å². The number of aromatic amines is 1. The molecule has 0 aromatic carbocycles. The zero-order valence-corrected chi connectivity index (χ0v) is 8.34. The van der Waals surface area contributed by atoms with E-state index in [1.54, 1.807) is 12.3 Å². The molecule has 2 rings (SSSR count). The van der Waals surface area contributed by atoms with E-state index in [0.29, 0.717) is 0 Å². The molecule has 0 unspecified atom stereocenters. The summed E-state index contributed by atoms with van der Waals surface area (Å²) in [6.45, 7) is 2.88. The van der Waals surface area contributed by atoms with Crippen LogP contribution in [0.15, 0.2) is 22.1 Å². The molecule has 0 saturated carbocycles. The summed E-state index contributed by atoms with van der Waals surface area (Å²) in [4.78, 5) is 18.2. The first kappa shape index (κ1) is 9.19. The van der Waals surface area contributed by atoms with E-state index in [1.807, 2.05) is 6.92 Å². The molecule has 0 aliphatic carbocycles. The van der Waals surface area contributed by atoms with Crippen LogP contribution in [0.3, 0.4) is 0 Å². The van der Waals surface area contributed by atoms with Gasteiger partial charge in [-0.1, -0.05) is 0 Å². The second-order valence-electron chi connectivity index (χ2n) is 3.68. The van der Waals surface area contributed by atoms with Gasteiger partial charge < -0.3 is 4.98 Å². The number of H-pyrrole nitrogens is 1. The minimum Gasteiger partial charge on any atom is -0.328 e. The topological polar surface area (TPSA) is 45.2 Å². The summed E-state index contributed by atoms with van der Waals surface area (Å²) >= 11 is 0. The van der Waals surface area contributed by atoms with Gasteiger partial charge in [-0.05, 0) is 31.7 Å². The highest BCUT2D eigenvalue weighted by atomic mass is 16.1. The Bertz CT molecular complexity index is 418. The lowest BCUT2D eigenvalue weighted by molar-refractivity contribution is 0.738. The molecule has 1 aromatic heterocycles. The smallest absolute Gasteiger partial charge is 0.248 e. The van der Waals surface area contributed by atoms with Crippen molar-refractivity contribution in [3.8, 4) is 0 Å². The first-order valence-electron chi connectivity index (χ1n) is 5.00. The van der Waals surface area contributed by atoms with Gasteiger partial charge in [0.1, 0.15) is 0 Å². The average Bonchev–Trinajstić information content (AvgIpc) is 2.19. The van der Waals surface area contributed by atoms with E-state index >= 15 is 0 Å². The third-order valence-corrected chi connectivity index (χ3v) is 2.57. The van der Waals surface area contributed by atoms with Gasteiger partial charge in [0, 0.05) is 30.1 Å². The summed E-state index contributed by atoms with van der Waals surface area (Å²) < 4.78 is 0. The summed E-state index contributed by atoms with van der Waals surface area (Å²) in [7, 11) is 0. The molecule has 1 aromatic rings. The molecule has 0 bridgehead atoms. The number of pyridine rings is 1. The molecule has 1 N–H and O–H groups in total.